The fraction of sp³-hybridized carbons (Fsp3) is 0.857. The van der Waals surface area contributed by atoms with Crippen LogP contribution in [-0.2, 0) is 9.53 Å². The third-order valence-electron chi connectivity index (χ3n) is 1.68. The van der Waals surface area contributed by atoms with E-state index in [2.05, 4.69) is 5.32 Å². The van der Waals surface area contributed by atoms with Gasteiger partial charge in [-0.1, -0.05) is 0 Å². The lowest BCUT2D eigenvalue weighted by molar-refractivity contribution is -0.142. The van der Waals surface area contributed by atoms with E-state index in [9.17, 15) is 4.79 Å². The molecule has 0 spiro atoms. The number of esters is 1. The highest BCUT2D eigenvalue weighted by molar-refractivity contribution is 5.65. The SMILES string of the molecule is CC(=O)OCC1CCNC1. The first-order chi connectivity index (χ1) is 4.79. The number of hydrogen-bond donors (Lipinski definition) is 1. The first kappa shape index (κ1) is 7.54. The molecule has 1 unspecified atom stereocenters. The summed E-state index contributed by atoms with van der Waals surface area (Å²) in [5.41, 5.74) is 0. The third-order valence-corrected chi connectivity index (χ3v) is 1.68. The average molecular weight is 143 g/mol. The topological polar surface area (TPSA) is 38.3 Å². The molecule has 1 heterocycles. The number of ether oxygens (including phenoxy) is 1. The van der Waals surface area contributed by atoms with Gasteiger partial charge in [-0.2, -0.15) is 0 Å². The zero-order valence-electron chi connectivity index (χ0n) is 6.22. The van der Waals surface area contributed by atoms with Crippen molar-refractivity contribution in [3.8, 4) is 0 Å². The van der Waals surface area contributed by atoms with Gasteiger partial charge in [0.2, 0.25) is 0 Å². The van der Waals surface area contributed by atoms with E-state index in [0.29, 0.717) is 12.5 Å². The normalized spacial score (nSPS) is 24.7. The van der Waals surface area contributed by atoms with E-state index in [1.54, 1.807) is 0 Å². The van der Waals surface area contributed by atoms with Gasteiger partial charge in [-0.25, -0.2) is 0 Å². The maximum Gasteiger partial charge on any atom is 0.302 e. The van der Waals surface area contributed by atoms with Gasteiger partial charge in [-0.15, -0.1) is 0 Å². The Morgan fingerprint density at radius 1 is 1.80 bits per heavy atom. The summed E-state index contributed by atoms with van der Waals surface area (Å²) in [6.45, 7) is 4.09. The molecule has 1 rings (SSSR count). The Labute approximate surface area is 60.7 Å². The average Bonchev–Trinajstić information content (AvgIpc) is 2.34. The fourth-order valence-electron chi connectivity index (χ4n) is 1.09. The summed E-state index contributed by atoms with van der Waals surface area (Å²) in [4.78, 5) is 10.4. The highest BCUT2D eigenvalue weighted by atomic mass is 16.5. The Hall–Kier alpha value is -0.570. The first-order valence-corrected chi connectivity index (χ1v) is 3.63. The molecule has 0 radical (unpaired) electrons. The Morgan fingerprint density at radius 2 is 2.60 bits per heavy atom. The molecule has 1 N–H and O–H groups in total. The van der Waals surface area contributed by atoms with Crippen molar-refractivity contribution >= 4 is 5.97 Å². The summed E-state index contributed by atoms with van der Waals surface area (Å²) >= 11 is 0. The van der Waals surface area contributed by atoms with Crippen LogP contribution in [-0.4, -0.2) is 25.7 Å². The summed E-state index contributed by atoms with van der Waals surface area (Å²) in [5.74, 6) is 0.371. The molecular weight excluding hydrogens is 130 g/mol. The highest BCUT2D eigenvalue weighted by Crippen LogP contribution is 2.06. The summed E-state index contributed by atoms with van der Waals surface area (Å²) in [6, 6.07) is 0. The molecule has 10 heavy (non-hydrogen) atoms. The van der Waals surface area contributed by atoms with E-state index >= 15 is 0 Å². The van der Waals surface area contributed by atoms with Gasteiger partial charge in [0, 0.05) is 19.4 Å². The van der Waals surface area contributed by atoms with Gasteiger partial charge in [0.25, 0.3) is 0 Å². The number of carbonyl (C=O) groups is 1. The van der Waals surface area contributed by atoms with Crippen molar-refractivity contribution in [2.75, 3.05) is 19.7 Å². The second-order valence-corrected chi connectivity index (χ2v) is 2.66. The highest BCUT2D eigenvalue weighted by Gasteiger charge is 2.14. The predicted octanol–water partition coefficient (Wildman–Crippen LogP) is 0.159. The maximum atomic E-state index is 10.4. The molecule has 1 saturated heterocycles. The van der Waals surface area contributed by atoms with E-state index < -0.39 is 0 Å². The molecule has 1 aliphatic rings. The van der Waals surface area contributed by atoms with Crippen LogP contribution in [0.2, 0.25) is 0 Å². The largest absolute Gasteiger partial charge is 0.466 e. The second kappa shape index (κ2) is 3.56. The van der Waals surface area contributed by atoms with Crippen LogP contribution >= 0.6 is 0 Å². The monoisotopic (exact) mass is 143 g/mol. The lowest BCUT2D eigenvalue weighted by Gasteiger charge is -2.06. The Balaban J connectivity index is 2.07. The van der Waals surface area contributed by atoms with Crippen LogP contribution in [0.15, 0.2) is 0 Å². The molecule has 0 aromatic heterocycles. The van der Waals surface area contributed by atoms with Crippen molar-refractivity contribution in [3.05, 3.63) is 0 Å². The molecule has 1 aliphatic heterocycles. The molecule has 0 aromatic carbocycles. The smallest absolute Gasteiger partial charge is 0.302 e. The zero-order valence-corrected chi connectivity index (χ0v) is 6.22. The minimum atomic E-state index is -0.174. The van der Waals surface area contributed by atoms with Crippen LogP contribution in [0.25, 0.3) is 0 Å². The van der Waals surface area contributed by atoms with E-state index in [4.69, 9.17) is 4.74 Å². The van der Waals surface area contributed by atoms with Crippen LogP contribution in [0.3, 0.4) is 0 Å². The molecule has 58 valence electrons. The number of nitrogens with one attached hydrogen (secondary N) is 1. The number of carbonyl (C=O) groups excluding carboxylic acids is 1. The van der Waals surface area contributed by atoms with Crippen molar-refractivity contribution in [2.24, 2.45) is 5.92 Å². The molecule has 0 aromatic rings. The number of rotatable bonds is 2. The lowest BCUT2D eigenvalue weighted by Crippen LogP contribution is -2.15. The van der Waals surface area contributed by atoms with Gasteiger partial charge in [0.1, 0.15) is 0 Å². The molecule has 0 amide bonds. The Bertz CT molecular complexity index is 119. The van der Waals surface area contributed by atoms with Crippen molar-refractivity contribution in [2.45, 2.75) is 13.3 Å². The van der Waals surface area contributed by atoms with Gasteiger partial charge >= 0.3 is 5.97 Å². The predicted molar refractivity (Wildman–Crippen MR) is 37.6 cm³/mol. The third kappa shape index (κ3) is 2.35. The summed E-state index contributed by atoms with van der Waals surface area (Å²) in [5, 5.41) is 3.20. The molecule has 0 bridgehead atoms. The molecule has 1 atom stereocenters. The van der Waals surface area contributed by atoms with Gasteiger partial charge in [0.05, 0.1) is 6.61 Å². The fourth-order valence-corrected chi connectivity index (χ4v) is 1.09. The standard InChI is InChI=1S/C7H13NO2/c1-6(9)10-5-7-2-3-8-4-7/h7-8H,2-5H2,1H3. The molecule has 0 saturated carbocycles. The van der Waals surface area contributed by atoms with Crippen molar-refractivity contribution in [1.82, 2.24) is 5.32 Å². The van der Waals surface area contributed by atoms with Crippen LogP contribution in [0.1, 0.15) is 13.3 Å². The lowest BCUT2D eigenvalue weighted by atomic mass is 10.1. The molecule has 0 aliphatic carbocycles. The molecule has 3 nitrogen and oxygen atoms in total. The van der Waals surface area contributed by atoms with Crippen LogP contribution in [0.5, 0.6) is 0 Å². The first-order valence-electron chi connectivity index (χ1n) is 3.63. The van der Waals surface area contributed by atoms with E-state index in [-0.39, 0.29) is 5.97 Å². The van der Waals surface area contributed by atoms with E-state index in [1.165, 1.54) is 6.92 Å². The number of hydrogen-bond acceptors (Lipinski definition) is 3. The van der Waals surface area contributed by atoms with Crippen molar-refractivity contribution < 1.29 is 9.53 Å². The Morgan fingerprint density at radius 3 is 3.10 bits per heavy atom. The quantitative estimate of drug-likeness (QED) is 0.559. The maximum absolute atomic E-state index is 10.4. The van der Waals surface area contributed by atoms with E-state index in [1.807, 2.05) is 0 Å². The van der Waals surface area contributed by atoms with Gasteiger partial charge in [-0.3, -0.25) is 4.79 Å². The van der Waals surface area contributed by atoms with Crippen LogP contribution in [0, 0.1) is 5.92 Å². The van der Waals surface area contributed by atoms with Crippen molar-refractivity contribution in [3.63, 3.8) is 0 Å². The minimum absolute atomic E-state index is 0.174. The van der Waals surface area contributed by atoms with Crippen molar-refractivity contribution in [1.29, 1.82) is 0 Å². The zero-order chi connectivity index (χ0) is 7.40. The minimum Gasteiger partial charge on any atom is -0.466 e. The Kier molecular flexibility index (Phi) is 2.68. The molecular formula is C7H13NO2. The summed E-state index contributed by atoms with van der Waals surface area (Å²) in [6.07, 6.45) is 1.13. The molecule has 3 heteroatoms. The van der Waals surface area contributed by atoms with Gasteiger partial charge < -0.3 is 10.1 Å². The second-order valence-electron chi connectivity index (χ2n) is 2.66. The summed E-state index contributed by atoms with van der Waals surface area (Å²) in [7, 11) is 0. The van der Waals surface area contributed by atoms with E-state index in [0.717, 1.165) is 19.5 Å². The molecule has 1 fully saturated rings. The van der Waals surface area contributed by atoms with Gasteiger partial charge in [-0.05, 0) is 13.0 Å². The van der Waals surface area contributed by atoms with Crippen LogP contribution in [0.4, 0.5) is 0 Å². The van der Waals surface area contributed by atoms with Crippen LogP contribution < -0.4 is 5.32 Å². The van der Waals surface area contributed by atoms with Gasteiger partial charge in [0.15, 0.2) is 0 Å². The summed E-state index contributed by atoms with van der Waals surface area (Å²) < 4.78 is 4.85.